The number of benzene rings is 2. The van der Waals surface area contributed by atoms with Gasteiger partial charge in [0, 0.05) is 6.20 Å². The quantitative estimate of drug-likeness (QED) is 0.691. The van der Waals surface area contributed by atoms with Crippen LogP contribution in [0.4, 0.5) is 0 Å². The first-order chi connectivity index (χ1) is 14.6. The third kappa shape index (κ3) is 2.18. The lowest BCUT2D eigenvalue weighted by Gasteiger charge is -2.38. The van der Waals surface area contributed by atoms with Gasteiger partial charge in [0.1, 0.15) is 5.70 Å². The Kier molecular flexibility index (Phi) is 4.12. The van der Waals surface area contributed by atoms with Crippen molar-refractivity contribution < 1.29 is 19.1 Å². The lowest BCUT2D eigenvalue weighted by Crippen LogP contribution is -2.44. The van der Waals surface area contributed by atoms with E-state index < -0.39 is 17.4 Å². The van der Waals surface area contributed by atoms with Gasteiger partial charge in [-0.05, 0) is 28.3 Å². The molecule has 2 aromatic rings. The van der Waals surface area contributed by atoms with Crippen LogP contribution in [-0.4, -0.2) is 37.1 Å². The normalized spacial score (nSPS) is 19.9. The summed E-state index contributed by atoms with van der Waals surface area (Å²) < 4.78 is 10.3. The summed E-state index contributed by atoms with van der Waals surface area (Å²) in [6, 6.07) is 15.5. The summed E-state index contributed by atoms with van der Waals surface area (Å²) in [4.78, 5) is 27.9. The van der Waals surface area contributed by atoms with Gasteiger partial charge in [0.25, 0.3) is 0 Å². The van der Waals surface area contributed by atoms with E-state index in [2.05, 4.69) is 0 Å². The van der Waals surface area contributed by atoms with Crippen LogP contribution < -0.4 is 0 Å². The van der Waals surface area contributed by atoms with E-state index in [9.17, 15) is 9.59 Å². The van der Waals surface area contributed by atoms with Crippen molar-refractivity contribution in [1.82, 2.24) is 4.90 Å². The maximum Gasteiger partial charge on any atom is 0.355 e. The van der Waals surface area contributed by atoms with E-state index in [-0.39, 0.29) is 17.3 Å². The largest absolute Gasteiger partial charge is 0.466 e. The standard InChI is InChI=1S/C24H18ClNO4/c1-29-22(27)20-21(23(28)30-2)26-13-14(25)11-12-19(26)24(20)17-9-5-3-7-15(17)16-8-4-6-10-18(16)24/h3-13,19H,1-2H3. The zero-order chi connectivity index (χ0) is 21.0. The number of allylic oxidation sites excluding steroid dienone is 2. The number of fused-ring (bicyclic) bond motifs is 7. The first-order valence-corrected chi connectivity index (χ1v) is 9.88. The summed E-state index contributed by atoms with van der Waals surface area (Å²) >= 11 is 6.29. The second kappa shape index (κ2) is 6.61. The summed E-state index contributed by atoms with van der Waals surface area (Å²) in [7, 11) is 2.62. The molecule has 1 spiro atoms. The number of ether oxygens (including phenoxy) is 2. The highest BCUT2D eigenvalue weighted by Gasteiger charge is 2.62. The molecule has 150 valence electrons. The molecule has 1 unspecified atom stereocenters. The molecule has 6 heteroatoms. The summed E-state index contributed by atoms with van der Waals surface area (Å²) in [6.45, 7) is 0. The third-order valence-corrected chi connectivity index (χ3v) is 6.32. The smallest absolute Gasteiger partial charge is 0.355 e. The van der Waals surface area contributed by atoms with Crippen LogP contribution in [0.3, 0.4) is 0 Å². The number of esters is 2. The zero-order valence-corrected chi connectivity index (χ0v) is 17.1. The molecule has 5 rings (SSSR count). The number of methoxy groups -OCH3 is 2. The molecular weight excluding hydrogens is 402 g/mol. The molecule has 0 aromatic heterocycles. The highest BCUT2D eigenvalue weighted by molar-refractivity contribution is 6.31. The van der Waals surface area contributed by atoms with Crippen molar-refractivity contribution in [2.24, 2.45) is 0 Å². The van der Waals surface area contributed by atoms with Gasteiger partial charge < -0.3 is 14.4 Å². The molecule has 0 saturated carbocycles. The molecule has 0 saturated heterocycles. The molecule has 0 bridgehead atoms. The number of carbonyl (C=O) groups is 2. The fourth-order valence-electron chi connectivity index (χ4n) is 5.07. The number of nitrogens with zero attached hydrogens (tertiary/aromatic N) is 1. The summed E-state index contributed by atoms with van der Waals surface area (Å²) in [6.07, 6.45) is 5.39. The van der Waals surface area contributed by atoms with Gasteiger partial charge in [-0.15, -0.1) is 0 Å². The van der Waals surface area contributed by atoms with Crippen molar-refractivity contribution in [3.8, 4) is 11.1 Å². The molecule has 2 heterocycles. The van der Waals surface area contributed by atoms with Crippen LogP contribution in [0, 0.1) is 0 Å². The van der Waals surface area contributed by atoms with E-state index in [1.54, 1.807) is 17.2 Å². The van der Waals surface area contributed by atoms with Gasteiger partial charge >= 0.3 is 11.9 Å². The lowest BCUT2D eigenvalue weighted by molar-refractivity contribution is -0.140. The van der Waals surface area contributed by atoms with Gasteiger partial charge in [-0.1, -0.05) is 66.2 Å². The molecule has 30 heavy (non-hydrogen) atoms. The second-order valence-corrected chi connectivity index (χ2v) is 7.77. The van der Waals surface area contributed by atoms with E-state index in [1.165, 1.54) is 14.2 Å². The fourth-order valence-corrected chi connectivity index (χ4v) is 5.25. The minimum absolute atomic E-state index is 0.142. The predicted molar refractivity (Wildman–Crippen MR) is 112 cm³/mol. The monoisotopic (exact) mass is 419 g/mol. The maximum atomic E-state index is 13.3. The Balaban J connectivity index is 1.96. The minimum atomic E-state index is -0.936. The number of halogens is 1. The van der Waals surface area contributed by atoms with Crippen LogP contribution in [-0.2, 0) is 24.5 Å². The molecule has 3 aliphatic rings. The minimum Gasteiger partial charge on any atom is -0.466 e. The third-order valence-electron chi connectivity index (χ3n) is 6.10. The Bertz CT molecular complexity index is 1150. The van der Waals surface area contributed by atoms with Crippen LogP contribution in [0.2, 0.25) is 0 Å². The van der Waals surface area contributed by atoms with E-state index in [4.69, 9.17) is 21.1 Å². The molecule has 0 fully saturated rings. The Hall–Kier alpha value is -3.31. The van der Waals surface area contributed by atoms with Crippen molar-refractivity contribution in [3.63, 3.8) is 0 Å². The molecule has 0 radical (unpaired) electrons. The Morgan fingerprint density at radius 3 is 2.07 bits per heavy atom. The SMILES string of the molecule is COC(=O)C1=C(C(=O)OC)C2(c3ccccc3-c3ccccc32)C2C=CC(Cl)=CN12. The van der Waals surface area contributed by atoms with E-state index >= 15 is 0 Å². The predicted octanol–water partition coefficient (Wildman–Crippen LogP) is 3.89. The topological polar surface area (TPSA) is 55.8 Å². The van der Waals surface area contributed by atoms with Gasteiger partial charge in [0.2, 0.25) is 0 Å². The van der Waals surface area contributed by atoms with Crippen molar-refractivity contribution >= 4 is 23.5 Å². The van der Waals surface area contributed by atoms with Crippen molar-refractivity contribution in [3.05, 3.63) is 94.3 Å². The van der Waals surface area contributed by atoms with Crippen molar-refractivity contribution in [2.45, 2.75) is 11.5 Å². The molecule has 0 N–H and O–H groups in total. The zero-order valence-electron chi connectivity index (χ0n) is 16.4. The average molecular weight is 420 g/mol. The fraction of sp³-hybridized carbons (Fsp3) is 0.167. The molecule has 5 nitrogen and oxygen atoms in total. The number of hydrogen-bond donors (Lipinski definition) is 0. The van der Waals surface area contributed by atoms with Gasteiger partial charge in [-0.2, -0.15) is 0 Å². The average Bonchev–Trinajstić information content (AvgIpc) is 3.24. The molecular formula is C24H18ClNO4. The van der Waals surface area contributed by atoms with Gasteiger partial charge in [-0.25, -0.2) is 9.59 Å². The first kappa shape index (κ1) is 18.7. The highest BCUT2D eigenvalue weighted by atomic mass is 35.5. The molecule has 1 aliphatic carbocycles. The molecule has 0 amide bonds. The lowest BCUT2D eigenvalue weighted by atomic mass is 9.68. The molecule has 2 aliphatic heterocycles. The van der Waals surface area contributed by atoms with E-state index in [0.29, 0.717) is 5.03 Å². The molecule has 2 aromatic carbocycles. The Labute approximate surface area is 178 Å². The highest BCUT2D eigenvalue weighted by Crippen LogP contribution is 2.60. The van der Waals surface area contributed by atoms with Gasteiger partial charge in [0.05, 0.1) is 36.3 Å². The number of hydrogen-bond acceptors (Lipinski definition) is 5. The summed E-state index contributed by atoms with van der Waals surface area (Å²) in [5.41, 5.74) is 3.39. The number of carbonyl (C=O) groups excluding carboxylic acids is 2. The summed E-state index contributed by atoms with van der Waals surface area (Å²) in [5.74, 6) is -1.19. The van der Waals surface area contributed by atoms with E-state index in [1.807, 2.05) is 54.6 Å². The van der Waals surface area contributed by atoms with Crippen LogP contribution in [0.5, 0.6) is 0 Å². The van der Waals surface area contributed by atoms with Crippen molar-refractivity contribution in [1.29, 1.82) is 0 Å². The van der Waals surface area contributed by atoms with Gasteiger partial charge in [0.15, 0.2) is 0 Å². The maximum absolute atomic E-state index is 13.3. The van der Waals surface area contributed by atoms with Crippen molar-refractivity contribution in [2.75, 3.05) is 14.2 Å². The molecule has 1 atom stereocenters. The summed E-state index contributed by atoms with van der Waals surface area (Å²) in [5, 5.41) is 0.452. The van der Waals surface area contributed by atoms with Crippen LogP contribution in [0.1, 0.15) is 11.1 Å². The van der Waals surface area contributed by atoms with Crippen LogP contribution >= 0.6 is 11.6 Å². The van der Waals surface area contributed by atoms with E-state index in [0.717, 1.165) is 22.3 Å². The van der Waals surface area contributed by atoms with Gasteiger partial charge in [-0.3, -0.25) is 0 Å². The first-order valence-electron chi connectivity index (χ1n) is 9.50. The number of rotatable bonds is 2. The Morgan fingerprint density at radius 2 is 1.50 bits per heavy atom. The second-order valence-electron chi connectivity index (χ2n) is 7.33. The Morgan fingerprint density at radius 1 is 0.933 bits per heavy atom. The van der Waals surface area contributed by atoms with Crippen LogP contribution in [0.25, 0.3) is 11.1 Å². The van der Waals surface area contributed by atoms with Crippen LogP contribution in [0.15, 0.2) is 83.2 Å².